The lowest BCUT2D eigenvalue weighted by Crippen LogP contribution is -2.41. The number of carbonyl (C=O) groups is 2. The van der Waals surface area contributed by atoms with Crippen LogP contribution in [0.25, 0.3) is 0 Å². The number of hydrogen-bond acceptors (Lipinski definition) is 5. The largest absolute Gasteiger partial charge is 0.391 e. The van der Waals surface area contributed by atoms with Gasteiger partial charge in [-0.05, 0) is 12.3 Å². The molecule has 5 heteroatoms. The molecule has 82 valence electrons. The van der Waals surface area contributed by atoms with Gasteiger partial charge in [-0.1, -0.05) is 20.8 Å². The van der Waals surface area contributed by atoms with Crippen LogP contribution in [0.15, 0.2) is 0 Å². The average molecular weight is 202 g/mol. The van der Waals surface area contributed by atoms with Crippen molar-refractivity contribution in [1.29, 1.82) is 0 Å². The van der Waals surface area contributed by atoms with Crippen LogP contribution < -0.4 is 11.5 Å². The van der Waals surface area contributed by atoms with Gasteiger partial charge in [0, 0.05) is 0 Å². The maximum atomic E-state index is 11.2. The van der Waals surface area contributed by atoms with Crippen molar-refractivity contribution in [2.45, 2.75) is 39.3 Å². The molecule has 0 aliphatic heterocycles. The van der Waals surface area contributed by atoms with Gasteiger partial charge in [-0.3, -0.25) is 0 Å². The summed E-state index contributed by atoms with van der Waals surface area (Å²) >= 11 is 0. The van der Waals surface area contributed by atoms with Crippen LogP contribution in [-0.2, 0) is 14.3 Å². The molecule has 0 aromatic rings. The summed E-state index contributed by atoms with van der Waals surface area (Å²) in [7, 11) is 0. The van der Waals surface area contributed by atoms with E-state index < -0.39 is 24.0 Å². The molecule has 14 heavy (non-hydrogen) atoms. The smallest absolute Gasteiger partial charge is 0.330 e. The topological polar surface area (TPSA) is 95.4 Å². The van der Waals surface area contributed by atoms with Gasteiger partial charge in [-0.25, -0.2) is 9.59 Å². The molecule has 0 amide bonds. The minimum atomic E-state index is -0.775. The number of ether oxygens (including phenoxy) is 1. The lowest BCUT2D eigenvalue weighted by atomic mass is 10.1. The second-order valence-corrected chi connectivity index (χ2v) is 3.52. The van der Waals surface area contributed by atoms with Crippen LogP contribution in [0.5, 0.6) is 0 Å². The van der Waals surface area contributed by atoms with E-state index in [0.717, 1.165) is 0 Å². The Labute approximate surface area is 83.8 Å². The van der Waals surface area contributed by atoms with E-state index in [9.17, 15) is 9.59 Å². The van der Waals surface area contributed by atoms with E-state index in [1.54, 1.807) is 20.8 Å². The summed E-state index contributed by atoms with van der Waals surface area (Å²) < 4.78 is 4.50. The van der Waals surface area contributed by atoms with Crippen LogP contribution in [0.1, 0.15) is 27.2 Å². The first-order chi connectivity index (χ1) is 6.40. The van der Waals surface area contributed by atoms with Crippen LogP contribution >= 0.6 is 0 Å². The zero-order chi connectivity index (χ0) is 11.3. The van der Waals surface area contributed by atoms with Gasteiger partial charge in [0.05, 0.1) is 0 Å². The van der Waals surface area contributed by atoms with Gasteiger partial charge in [-0.15, -0.1) is 0 Å². The van der Waals surface area contributed by atoms with Crippen LogP contribution in [0.4, 0.5) is 0 Å². The Bertz CT molecular complexity index is 216. The Kier molecular flexibility index (Phi) is 5.34. The van der Waals surface area contributed by atoms with E-state index in [2.05, 4.69) is 4.74 Å². The molecule has 0 radical (unpaired) electrons. The van der Waals surface area contributed by atoms with Gasteiger partial charge in [0.25, 0.3) is 0 Å². The molecule has 0 aromatic carbocycles. The predicted molar refractivity (Wildman–Crippen MR) is 52.2 cm³/mol. The van der Waals surface area contributed by atoms with Gasteiger partial charge in [0.15, 0.2) is 0 Å². The minimum Gasteiger partial charge on any atom is -0.391 e. The molecule has 0 aliphatic carbocycles. The van der Waals surface area contributed by atoms with Crippen molar-refractivity contribution in [3.63, 3.8) is 0 Å². The van der Waals surface area contributed by atoms with E-state index in [0.29, 0.717) is 6.42 Å². The molecule has 0 bridgehead atoms. The number of hydrogen-bond donors (Lipinski definition) is 2. The third kappa shape index (κ3) is 3.85. The third-order valence-electron chi connectivity index (χ3n) is 1.93. The van der Waals surface area contributed by atoms with E-state index in [1.807, 2.05) is 0 Å². The SMILES string of the molecule is CCC(N)C(=O)OC(=O)[C@@H](N)C(C)C. The zero-order valence-corrected chi connectivity index (χ0v) is 8.82. The first-order valence-electron chi connectivity index (χ1n) is 4.66. The van der Waals surface area contributed by atoms with Crippen LogP contribution in [0, 0.1) is 5.92 Å². The van der Waals surface area contributed by atoms with Crippen molar-refractivity contribution in [2.24, 2.45) is 17.4 Å². The fraction of sp³-hybridized carbons (Fsp3) is 0.778. The molecule has 0 fully saturated rings. The highest BCUT2D eigenvalue weighted by molar-refractivity contribution is 5.90. The Morgan fingerprint density at radius 3 is 2.07 bits per heavy atom. The van der Waals surface area contributed by atoms with E-state index >= 15 is 0 Å². The highest BCUT2D eigenvalue weighted by Crippen LogP contribution is 2.01. The quantitative estimate of drug-likeness (QED) is 0.485. The fourth-order valence-electron chi connectivity index (χ4n) is 0.682. The molecular formula is C9H18N2O3. The summed E-state index contributed by atoms with van der Waals surface area (Å²) in [6.07, 6.45) is 0.434. The first kappa shape index (κ1) is 13.1. The lowest BCUT2D eigenvalue weighted by Gasteiger charge is -2.14. The second-order valence-electron chi connectivity index (χ2n) is 3.52. The van der Waals surface area contributed by atoms with Gasteiger partial charge in [-0.2, -0.15) is 0 Å². The standard InChI is InChI=1S/C9H18N2O3/c1-4-6(10)8(12)14-9(13)7(11)5(2)3/h5-7H,4,10-11H2,1-3H3/t6?,7-/m0/s1. The number of rotatable bonds is 4. The molecule has 0 heterocycles. The van der Waals surface area contributed by atoms with Crippen molar-refractivity contribution in [3.8, 4) is 0 Å². The predicted octanol–water partition coefficient (Wildman–Crippen LogP) is -0.223. The molecule has 4 N–H and O–H groups in total. The van der Waals surface area contributed by atoms with Crippen LogP contribution in [0.3, 0.4) is 0 Å². The highest BCUT2D eigenvalue weighted by atomic mass is 16.6. The maximum absolute atomic E-state index is 11.2. The number of esters is 2. The lowest BCUT2D eigenvalue weighted by molar-refractivity contribution is -0.162. The molecule has 1 unspecified atom stereocenters. The molecule has 5 nitrogen and oxygen atoms in total. The van der Waals surface area contributed by atoms with Crippen LogP contribution in [0.2, 0.25) is 0 Å². The zero-order valence-electron chi connectivity index (χ0n) is 8.82. The molecule has 0 saturated carbocycles. The van der Waals surface area contributed by atoms with Crippen LogP contribution in [-0.4, -0.2) is 24.0 Å². The summed E-state index contributed by atoms with van der Waals surface area (Å²) in [4.78, 5) is 22.3. The van der Waals surface area contributed by atoms with E-state index in [1.165, 1.54) is 0 Å². The van der Waals surface area contributed by atoms with Crippen molar-refractivity contribution in [3.05, 3.63) is 0 Å². The molecular weight excluding hydrogens is 184 g/mol. The monoisotopic (exact) mass is 202 g/mol. The Hall–Kier alpha value is -0.940. The summed E-state index contributed by atoms with van der Waals surface area (Å²) in [5.74, 6) is -1.49. The summed E-state index contributed by atoms with van der Waals surface area (Å²) in [6.45, 7) is 5.28. The molecule has 0 spiro atoms. The van der Waals surface area contributed by atoms with Crippen molar-refractivity contribution >= 4 is 11.9 Å². The van der Waals surface area contributed by atoms with Crippen molar-refractivity contribution in [1.82, 2.24) is 0 Å². The highest BCUT2D eigenvalue weighted by Gasteiger charge is 2.23. The Morgan fingerprint density at radius 1 is 1.21 bits per heavy atom. The molecule has 0 rings (SSSR count). The number of carbonyl (C=O) groups excluding carboxylic acids is 2. The molecule has 2 atom stereocenters. The fourth-order valence-corrected chi connectivity index (χ4v) is 0.682. The Balaban J connectivity index is 4.13. The Morgan fingerprint density at radius 2 is 1.71 bits per heavy atom. The molecule has 0 saturated heterocycles. The van der Waals surface area contributed by atoms with Gasteiger partial charge in [0.1, 0.15) is 12.1 Å². The first-order valence-corrected chi connectivity index (χ1v) is 4.66. The van der Waals surface area contributed by atoms with Crippen molar-refractivity contribution < 1.29 is 14.3 Å². The maximum Gasteiger partial charge on any atom is 0.330 e. The third-order valence-corrected chi connectivity index (χ3v) is 1.93. The van der Waals surface area contributed by atoms with E-state index in [4.69, 9.17) is 11.5 Å². The van der Waals surface area contributed by atoms with E-state index in [-0.39, 0.29) is 5.92 Å². The van der Waals surface area contributed by atoms with Gasteiger partial charge in [0.2, 0.25) is 0 Å². The average Bonchev–Trinajstić information content (AvgIpc) is 2.14. The molecule has 0 aliphatic rings. The molecule has 0 aromatic heterocycles. The number of nitrogens with two attached hydrogens (primary N) is 2. The normalized spacial score (nSPS) is 15.0. The summed E-state index contributed by atoms with van der Waals surface area (Å²) in [5.41, 5.74) is 10.9. The minimum absolute atomic E-state index is 0.0619. The summed E-state index contributed by atoms with van der Waals surface area (Å²) in [5, 5.41) is 0. The van der Waals surface area contributed by atoms with Gasteiger partial charge >= 0.3 is 11.9 Å². The van der Waals surface area contributed by atoms with Crippen molar-refractivity contribution in [2.75, 3.05) is 0 Å². The summed E-state index contributed by atoms with van der Waals surface area (Å²) in [6, 6.07) is -1.53. The van der Waals surface area contributed by atoms with Gasteiger partial charge < -0.3 is 16.2 Å². The second kappa shape index (κ2) is 5.72.